The fourth-order valence-corrected chi connectivity index (χ4v) is 6.35. The number of aryl methyl sites for hydroxylation is 1. The molecule has 1 aliphatic heterocycles. The lowest BCUT2D eigenvalue weighted by molar-refractivity contribution is -0.144. The van der Waals surface area contributed by atoms with Gasteiger partial charge < -0.3 is 19.4 Å². The highest BCUT2D eigenvalue weighted by Gasteiger charge is 2.34. The van der Waals surface area contributed by atoms with E-state index in [1.165, 1.54) is 29.8 Å². The number of nitrogens with zero attached hydrogens (tertiary/aromatic N) is 3. The predicted octanol–water partition coefficient (Wildman–Crippen LogP) is 9.25. The molecule has 0 bridgehead atoms. The quantitative estimate of drug-likeness (QED) is 0.0739. The molecular weight excluding hydrogens is 675 g/mol. The maximum atomic E-state index is 14.6. The molecular formula is C44H50F3N3O3. The molecule has 4 aromatic rings. The zero-order valence-corrected chi connectivity index (χ0v) is 30.7. The molecule has 1 aliphatic rings. The van der Waals surface area contributed by atoms with Gasteiger partial charge in [-0.3, -0.25) is 9.59 Å². The van der Waals surface area contributed by atoms with Gasteiger partial charge in [0.1, 0.15) is 11.8 Å². The molecule has 53 heavy (non-hydrogen) atoms. The summed E-state index contributed by atoms with van der Waals surface area (Å²) in [6, 6.07) is 29.5. The average molecular weight is 726 g/mol. The minimum atomic E-state index is -4.45. The van der Waals surface area contributed by atoms with Crippen molar-refractivity contribution in [1.82, 2.24) is 9.80 Å². The molecule has 280 valence electrons. The van der Waals surface area contributed by atoms with Crippen molar-refractivity contribution in [3.05, 3.63) is 150 Å². The smallest absolute Gasteiger partial charge is 0.416 e. The number of alkyl halides is 3. The number of hydrogen-bond acceptors (Lipinski definition) is 4. The first-order valence-corrected chi connectivity index (χ1v) is 18.1. The lowest BCUT2D eigenvalue weighted by Crippen LogP contribution is -2.56. The third kappa shape index (κ3) is 11.9. The fraction of sp³-hybridized carbons (Fsp3) is 0.318. The minimum Gasteiger partial charge on any atom is -0.497 e. The molecule has 1 fully saturated rings. The zero-order chi connectivity index (χ0) is 38.2. The van der Waals surface area contributed by atoms with Gasteiger partial charge in [0.25, 0.3) is 0 Å². The van der Waals surface area contributed by atoms with E-state index < -0.39 is 23.7 Å². The van der Waals surface area contributed by atoms with Crippen LogP contribution in [0.2, 0.25) is 0 Å². The average Bonchev–Trinajstić information content (AvgIpc) is 3.19. The lowest BCUT2D eigenvalue weighted by Gasteiger charge is -2.40. The predicted molar refractivity (Wildman–Crippen MR) is 208 cm³/mol. The van der Waals surface area contributed by atoms with Crippen LogP contribution in [0.4, 0.5) is 18.9 Å². The Kier molecular flexibility index (Phi) is 15.3. The topological polar surface area (TPSA) is 53.1 Å². The van der Waals surface area contributed by atoms with Crippen LogP contribution in [0, 0.1) is 0 Å². The molecule has 0 N–H and O–H groups in total. The number of amides is 2. The Hall–Kier alpha value is -5.31. The van der Waals surface area contributed by atoms with E-state index in [4.69, 9.17) is 4.74 Å². The van der Waals surface area contributed by atoms with E-state index in [0.717, 1.165) is 60.4 Å². The summed E-state index contributed by atoms with van der Waals surface area (Å²) in [5.41, 5.74) is 3.74. The Labute approximate surface area is 312 Å². The Bertz CT molecular complexity index is 1750. The summed E-state index contributed by atoms with van der Waals surface area (Å²) in [6.45, 7) is 10.6. The number of rotatable bonds is 14. The summed E-state index contributed by atoms with van der Waals surface area (Å²) < 4.78 is 44.9. The first-order valence-electron chi connectivity index (χ1n) is 18.1. The van der Waals surface area contributed by atoms with E-state index >= 15 is 0 Å². The van der Waals surface area contributed by atoms with Crippen LogP contribution >= 0.6 is 0 Å². The molecule has 5 rings (SSSR count). The van der Waals surface area contributed by atoms with Crippen molar-refractivity contribution in [1.29, 1.82) is 0 Å². The summed E-state index contributed by atoms with van der Waals surface area (Å²) in [7, 11) is 1.64. The van der Waals surface area contributed by atoms with Crippen molar-refractivity contribution >= 4 is 23.6 Å². The monoisotopic (exact) mass is 725 g/mol. The van der Waals surface area contributed by atoms with Gasteiger partial charge in [-0.25, -0.2) is 0 Å². The molecule has 0 aliphatic carbocycles. The molecule has 4 aromatic carbocycles. The van der Waals surface area contributed by atoms with Crippen LogP contribution < -0.4 is 9.64 Å². The second-order valence-corrected chi connectivity index (χ2v) is 12.9. The van der Waals surface area contributed by atoms with Crippen molar-refractivity contribution in [3.8, 4) is 5.75 Å². The summed E-state index contributed by atoms with van der Waals surface area (Å²) in [5, 5.41) is 0. The number of carbonyl (C=O) groups excluding carboxylic acids is 2. The number of methoxy groups -OCH3 is 1. The van der Waals surface area contributed by atoms with Crippen LogP contribution in [0.1, 0.15) is 54.0 Å². The van der Waals surface area contributed by atoms with Crippen LogP contribution in [0.5, 0.6) is 5.75 Å². The fourth-order valence-electron chi connectivity index (χ4n) is 6.35. The molecule has 9 heteroatoms. The van der Waals surface area contributed by atoms with Crippen molar-refractivity contribution in [2.45, 2.75) is 57.8 Å². The first-order chi connectivity index (χ1) is 25.6. The zero-order valence-electron chi connectivity index (χ0n) is 30.7. The van der Waals surface area contributed by atoms with Crippen LogP contribution in [-0.2, 0) is 35.2 Å². The SMILES string of the molecule is C=C.CCCCCc1ccc(CN(C(=O)/C=C/c2ccc(C(F)(F)F)cc2)[C@@H](Cc2ccccc2)C(=O)N2CCN(c3cccc(OC)c3)CC2)cc1. The van der Waals surface area contributed by atoms with Crippen molar-refractivity contribution in [2.75, 3.05) is 38.2 Å². The number of hydrogen-bond donors (Lipinski definition) is 0. The summed E-state index contributed by atoms with van der Waals surface area (Å²) in [5.74, 6) is 0.226. The molecule has 0 unspecified atom stereocenters. The normalized spacial score (nSPS) is 13.6. The van der Waals surface area contributed by atoms with Gasteiger partial charge in [0.15, 0.2) is 0 Å². The number of unbranched alkanes of at least 4 members (excludes halogenated alkanes) is 2. The van der Waals surface area contributed by atoms with Crippen molar-refractivity contribution in [2.24, 2.45) is 0 Å². The van der Waals surface area contributed by atoms with Crippen molar-refractivity contribution < 1.29 is 27.5 Å². The second-order valence-electron chi connectivity index (χ2n) is 12.9. The van der Waals surface area contributed by atoms with E-state index in [9.17, 15) is 22.8 Å². The largest absolute Gasteiger partial charge is 0.497 e. The number of piperazine rings is 1. The number of halogens is 3. The molecule has 1 heterocycles. The first kappa shape index (κ1) is 40.5. The molecule has 0 aromatic heterocycles. The van der Waals surface area contributed by atoms with Gasteiger partial charge in [0.05, 0.1) is 12.7 Å². The molecule has 1 saturated heterocycles. The molecule has 6 nitrogen and oxygen atoms in total. The minimum absolute atomic E-state index is 0.142. The number of benzene rings is 4. The van der Waals surface area contributed by atoms with E-state index in [-0.39, 0.29) is 12.5 Å². The van der Waals surface area contributed by atoms with E-state index in [2.05, 4.69) is 37.1 Å². The summed E-state index contributed by atoms with van der Waals surface area (Å²) in [6.07, 6.45) is 3.10. The Morgan fingerprint density at radius 2 is 1.49 bits per heavy atom. The summed E-state index contributed by atoms with van der Waals surface area (Å²) >= 11 is 0. The van der Waals surface area contributed by atoms with Crippen LogP contribution in [0.15, 0.2) is 122 Å². The molecule has 0 spiro atoms. The third-order valence-electron chi connectivity index (χ3n) is 9.33. The maximum absolute atomic E-state index is 14.6. The lowest BCUT2D eigenvalue weighted by atomic mass is 10.0. The maximum Gasteiger partial charge on any atom is 0.416 e. The van der Waals surface area contributed by atoms with Crippen molar-refractivity contribution in [3.63, 3.8) is 0 Å². The number of anilines is 1. The van der Waals surface area contributed by atoms with E-state index in [1.807, 2.05) is 71.6 Å². The molecule has 0 radical (unpaired) electrons. The third-order valence-corrected chi connectivity index (χ3v) is 9.33. The molecule has 0 saturated carbocycles. The Morgan fingerprint density at radius 3 is 2.11 bits per heavy atom. The van der Waals surface area contributed by atoms with Crippen LogP contribution in [-0.4, -0.2) is 60.9 Å². The highest BCUT2D eigenvalue weighted by atomic mass is 19.4. The van der Waals surface area contributed by atoms with E-state index in [1.54, 1.807) is 12.0 Å². The van der Waals surface area contributed by atoms with Gasteiger partial charge in [0.2, 0.25) is 11.8 Å². The van der Waals surface area contributed by atoms with Gasteiger partial charge in [-0.05, 0) is 65.4 Å². The van der Waals surface area contributed by atoms with E-state index in [0.29, 0.717) is 38.2 Å². The number of carbonyl (C=O) groups is 2. The highest BCUT2D eigenvalue weighted by Crippen LogP contribution is 2.29. The Balaban J connectivity index is 0.00000308. The molecule has 2 amide bonds. The van der Waals surface area contributed by atoms with Gasteiger partial charge in [0, 0.05) is 57.0 Å². The van der Waals surface area contributed by atoms with Crippen LogP contribution in [0.3, 0.4) is 0 Å². The Morgan fingerprint density at radius 1 is 0.830 bits per heavy atom. The highest BCUT2D eigenvalue weighted by molar-refractivity contribution is 5.96. The van der Waals surface area contributed by atoms with Gasteiger partial charge >= 0.3 is 6.18 Å². The molecule has 1 atom stereocenters. The van der Waals surface area contributed by atoms with Gasteiger partial charge in [-0.2, -0.15) is 13.2 Å². The summed E-state index contributed by atoms with van der Waals surface area (Å²) in [4.78, 5) is 34.4. The van der Waals surface area contributed by atoms with Crippen LogP contribution in [0.25, 0.3) is 6.08 Å². The van der Waals surface area contributed by atoms with Gasteiger partial charge in [-0.15, -0.1) is 13.2 Å². The number of ether oxygens (including phenoxy) is 1. The standard InChI is InChI=1S/C42H46F3N3O3.C2H4/c1-3-4-6-10-32-15-17-35(18-16-32)31-48(40(49)24-21-33-19-22-36(23-20-33)42(43,44)45)39(29-34-11-7-5-8-12-34)41(50)47-27-25-46(26-28-47)37-13-9-14-38(30-37)51-2;1-2/h5,7-9,11-24,30,39H,3-4,6,10,25-29,31H2,1-2H3;1-2H2/b24-21+;/t39-;/m0./s1. The second kappa shape index (κ2) is 20.1. The van der Waals surface area contributed by atoms with Gasteiger partial charge in [-0.1, -0.05) is 92.6 Å².